The van der Waals surface area contributed by atoms with E-state index in [0.717, 1.165) is 24.1 Å². The second-order valence-corrected chi connectivity index (χ2v) is 9.86. The van der Waals surface area contributed by atoms with E-state index >= 15 is 0 Å². The third kappa shape index (κ3) is 3.78. The van der Waals surface area contributed by atoms with Crippen LogP contribution in [0.5, 0.6) is 0 Å². The minimum absolute atomic E-state index is 0.0804. The molecule has 2 saturated heterocycles. The van der Waals surface area contributed by atoms with Crippen LogP contribution in [0.1, 0.15) is 23.6 Å². The molecule has 9 heteroatoms. The number of rotatable bonds is 4. The minimum Gasteiger partial charge on any atom is -0.314 e. The Hall–Kier alpha value is -2.55. The van der Waals surface area contributed by atoms with Gasteiger partial charge in [-0.25, -0.2) is 13.2 Å². The van der Waals surface area contributed by atoms with Gasteiger partial charge in [0.25, 0.3) is 0 Å². The van der Waals surface area contributed by atoms with E-state index in [1.165, 1.54) is 21.9 Å². The van der Waals surface area contributed by atoms with Gasteiger partial charge < -0.3 is 4.90 Å². The fourth-order valence-corrected chi connectivity index (χ4v) is 6.15. The molecule has 0 spiro atoms. The first-order valence-corrected chi connectivity index (χ1v) is 11.5. The molecule has 160 valence electrons. The zero-order chi connectivity index (χ0) is 21.7. The summed E-state index contributed by atoms with van der Waals surface area (Å²) in [5.74, 6) is -0.343. The van der Waals surface area contributed by atoms with Gasteiger partial charge in [-0.05, 0) is 41.8 Å². The van der Waals surface area contributed by atoms with E-state index < -0.39 is 33.7 Å². The molecular formula is C21H21F3N2O3S. The molecule has 2 heterocycles. The number of urea groups is 1. The first-order chi connectivity index (χ1) is 14.1. The van der Waals surface area contributed by atoms with E-state index in [2.05, 4.69) is 0 Å². The van der Waals surface area contributed by atoms with Crippen molar-refractivity contribution < 1.29 is 26.4 Å². The standard InChI is InChI=1S/C21H21F3N2O3S/c1-2-14-6-8-17(9-7-14)26-19-13-30(28,29)12-18(19)25(20(26)27)11-15-4-3-5-16(10-15)21(22,23)24/h3-10,18-19H,2,11-13H2,1H3/t18-,19-/m1/s1. The maximum Gasteiger partial charge on any atom is 0.416 e. The van der Waals surface area contributed by atoms with Crippen LogP contribution >= 0.6 is 0 Å². The number of alkyl halides is 3. The van der Waals surface area contributed by atoms with Crippen LogP contribution in [-0.4, -0.2) is 42.9 Å². The molecule has 30 heavy (non-hydrogen) atoms. The Balaban J connectivity index is 1.67. The maximum absolute atomic E-state index is 13.2. The number of carbonyl (C=O) groups excluding carboxylic acids is 1. The largest absolute Gasteiger partial charge is 0.416 e. The number of amides is 2. The van der Waals surface area contributed by atoms with E-state index in [-0.39, 0.29) is 24.1 Å². The van der Waals surface area contributed by atoms with Gasteiger partial charge in [-0.2, -0.15) is 13.2 Å². The summed E-state index contributed by atoms with van der Waals surface area (Å²) in [6.45, 7) is 1.93. The molecule has 2 atom stereocenters. The molecular weight excluding hydrogens is 417 g/mol. The predicted octanol–water partition coefficient (Wildman–Crippen LogP) is 3.88. The van der Waals surface area contributed by atoms with Gasteiger partial charge in [0, 0.05) is 12.2 Å². The summed E-state index contributed by atoms with van der Waals surface area (Å²) in [5, 5.41) is 0. The number of benzene rings is 2. The maximum atomic E-state index is 13.2. The van der Waals surface area contributed by atoms with Gasteiger partial charge in [0.05, 0.1) is 29.2 Å². The number of halogens is 3. The van der Waals surface area contributed by atoms with Gasteiger partial charge >= 0.3 is 12.2 Å². The molecule has 2 fully saturated rings. The van der Waals surface area contributed by atoms with Crippen LogP contribution in [0.25, 0.3) is 0 Å². The predicted molar refractivity (Wildman–Crippen MR) is 107 cm³/mol. The lowest BCUT2D eigenvalue weighted by Crippen LogP contribution is -2.37. The van der Waals surface area contributed by atoms with Crippen molar-refractivity contribution in [2.24, 2.45) is 0 Å². The smallest absolute Gasteiger partial charge is 0.314 e. The lowest BCUT2D eigenvalue weighted by molar-refractivity contribution is -0.137. The molecule has 0 bridgehead atoms. The minimum atomic E-state index is -4.49. The number of carbonyl (C=O) groups is 1. The van der Waals surface area contributed by atoms with Gasteiger partial charge in [-0.15, -0.1) is 0 Å². The van der Waals surface area contributed by atoms with E-state index in [9.17, 15) is 26.4 Å². The Kier molecular flexibility index (Phi) is 5.04. The van der Waals surface area contributed by atoms with Crippen molar-refractivity contribution >= 4 is 21.6 Å². The van der Waals surface area contributed by atoms with Crippen LogP contribution in [0.2, 0.25) is 0 Å². The Morgan fingerprint density at radius 3 is 2.30 bits per heavy atom. The van der Waals surface area contributed by atoms with Crippen LogP contribution in [-0.2, 0) is 29.0 Å². The Morgan fingerprint density at radius 2 is 1.67 bits per heavy atom. The molecule has 2 aliphatic heterocycles. The fourth-order valence-electron chi connectivity index (χ4n) is 4.20. The molecule has 0 N–H and O–H groups in total. The first kappa shape index (κ1) is 20.7. The van der Waals surface area contributed by atoms with Crippen LogP contribution in [0.3, 0.4) is 0 Å². The van der Waals surface area contributed by atoms with E-state index in [1.807, 2.05) is 19.1 Å². The van der Waals surface area contributed by atoms with Gasteiger partial charge in [0.1, 0.15) is 0 Å². The van der Waals surface area contributed by atoms with Crippen molar-refractivity contribution in [3.8, 4) is 0 Å². The van der Waals surface area contributed by atoms with Crippen LogP contribution < -0.4 is 4.90 Å². The molecule has 2 amide bonds. The van der Waals surface area contributed by atoms with Crippen molar-refractivity contribution in [1.82, 2.24) is 4.90 Å². The van der Waals surface area contributed by atoms with Gasteiger partial charge in [0.2, 0.25) is 0 Å². The van der Waals surface area contributed by atoms with Crippen molar-refractivity contribution in [3.63, 3.8) is 0 Å². The highest BCUT2D eigenvalue weighted by atomic mass is 32.2. The lowest BCUT2D eigenvalue weighted by atomic mass is 10.1. The Morgan fingerprint density at radius 1 is 1.00 bits per heavy atom. The topological polar surface area (TPSA) is 57.7 Å². The molecule has 5 nitrogen and oxygen atoms in total. The molecule has 0 unspecified atom stereocenters. The lowest BCUT2D eigenvalue weighted by Gasteiger charge is -2.23. The number of anilines is 1. The molecule has 2 aromatic rings. The summed E-state index contributed by atoms with van der Waals surface area (Å²) in [6, 6.07) is 10.6. The van der Waals surface area contributed by atoms with E-state index in [4.69, 9.17) is 0 Å². The highest BCUT2D eigenvalue weighted by molar-refractivity contribution is 7.91. The second kappa shape index (κ2) is 7.30. The summed E-state index contributed by atoms with van der Waals surface area (Å²) < 4.78 is 63.8. The average Bonchev–Trinajstić information content (AvgIpc) is 3.12. The number of fused-ring (bicyclic) bond motifs is 1. The summed E-state index contributed by atoms with van der Waals surface area (Å²) >= 11 is 0. The molecule has 0 radical (unpaired) electrons. The van der Waals surface area contributed by atoms with Gasteiger partial charge in [-0.3, -0.25) is 4.90 Å². The molecule has 4 rings (SSSR count). The normalized spacial score (nSPS) is 23.1. The SMILES string of the molecule is CCc1ccc(N2C(=O)N(Cc3cccc(C(F)(F)F)c3)[C@@H]3CS(=O)(=O)C[C@H]32)cc1. The molecule has 2 aliphatic rings. The second-order valence-electron chi connectivity index (χ2n) is 7.71. The van der Waals surface area contributed by atoms with Crippen LogP contribution in [0.15, 0.2) is 48.5 Å². The van der Waals surface area contributed by atoms with Crippen molar-refractivity contribution in [2.75, 3.05) is 16.4 Å². The number of nitrogens with zero attached hydrogens (tertiary/aromatic N) is 2. The summed E-state index contributed by atoms with van der Waals surface area (Å²) in [4.78, 5) is 16.1. The van der Waals surface area contributed by atoms with Crippen LogP contribution in [0, 0.1) is 0 Å². The highest BCUT2D eigenvalue weighted by Crippen LogP contribution is 2.37. The number of hydrogen-bond donors (Lipinski definition) is 0. The number of aryl methyl sites for hydroxylation is 1. The average molecular weight is 438 g/mol. The number of sulfone groups is 1. The first-order valence-electron chi connectivity index (χ1n) is 9.64. The van der Waals surface area contributed by atoms with Crippen molar-refractivity contribution in [2.45, 2.75) is 38.1 Å². The summed E-state index contributed by atoms with van der Waals surface area (Å²) in [5.41, 5.74) is 1.19. The molecule has 2 aromatic carbocycles. The zero-order valence-corrected chi connectivity index (χ0v) is 17.1. The van der Waals surface area contributed by atoms with Crippen molar-refractivity contribution in [3.05, 3.63) is 65.2 Å². The van der Waals surface area contributed by atoms with Crippen LogP contribution in [0.4, 0.5) is 23.7 Å². The van der Waals surface area contributed by atoms with E-state index in [1.54, 1.807) is 12.1 Å². The molecule has 0 saturated carbocycles. The highest BCUT2D eigenvalue weighted by Gasteiger charge is 2.53. The van der Waals surface area contributed by atoms with Gasteiger partial charge in [0.15, 0.2) is 9.84 Å². The summed E-state index contributed by atoms with van der Waals surface area (Å²) in [6.07, 6.45) is -3.66. The van der Waals surface area contributed by atoms with Gasteiger partial charge in [-0.1, -0.05) is 31.2 Å². The monoisotopic (exact) mass is 438 g/mol. The molecule has 0 aromatic heterocycles. The summed E-state index contributed by atoms with van der Waals surface area (Å²) in [7, 11) is -3.35. The number of hydrogen-bond acceptors (Lipinski definition) is 3. The third-order valence-electron chi connectivity index (χ3n) is 5.71. The third-order valence-corrected chi connectivity index (χ3v) is 7.41. The Bertz CT molecular complexity index is 1070. The van der Waals surface area contributed by atoms with Crippen molar-refractivity contribution in [1.29, 1.82) is 0 Å². The Labute approximate surface area is 173 Å². The molecule has 0 aliphatic carbocycles. The zero-order valence-electron chi connectivity index (χ0n) is 16.3. The van der Waals surface area contributed by atoms with E-state index in [0.29, 0.717) is 11.3 Å². The fraction of sp³-hybridized carbons (Fsp3) is 0.381. The quantitative estimate of drug-likeness (QED) is 0.681.